The fraction of sp³-hybridized carbons (Fsp3) is 0.219. The topological polar surface area (TPSA) is 142 Å². The minimum absolute atomic E-state index is 0.000845. The number of aliphatic hydroxyl groups excluding tert-OH is 1. The van der Waals surface area contributed by atoms with Crippen molar-refractivity contribution in [1.29, 1.82) is 0 Å². The van der Waals surface area contributed by atoms with Crippen LogP contribution in [0.25, 0.3) is 6.08 Å². The number of aromatic nitrogens is 3. The molecule has 1 atom stereocenters. The molecular weight excluding hydrogens is 604 g/mol. The van der Waals surface area contributed by atoms with Gasteiger partial charge in [-0.3, -0.25) is 14.4 Å². The molecule has 0 fully saturated rings. The van der Waals surface area contributed by atoms with Crippen LogP contribution < -0.4 is 23.8 Å². The summed E-state index contributed by atoms with van der Waals surface area (Å²) >= 11 is 5.96. The Bertz CT molecular complexity index is 1790. The molecule has 1 unspecified atom stereocenters. The number of aliphatic hydroxyl groups is 1. The number of halogens is 1. The van der Waals surface area contributed by atoms with Crippen molar-refractivity contribution >= 4 is 40.8 Å². The van der Waals surface area contributed by atoms with E-state index < -0.39 is 17.8 Å². The molecule has 5 rings (SSSR count). The van der Waals surface area contributed by atoms with E-state index in [-0.39, 0.29) is 31.0 Å². The van der Waals surface area contributed by atoms with Gasteiger partial charge in [0.05, 0.1) is 63.5 Å². The molecular formula is C32H29ClN4O8. The Kier molecular flexibility index (Phi) is 9.45. The highest BCUT2D eigenvalue weighted by Gasteiger charge is 2.36. The maximum Gasteiger partial charge on any atom is 0.299 e. The average molecular weight is 633 g/mol. The lowest BCUT2D eigenvalue weighted by molar-refractivity contribution is -0.114. The van der Waals surface area contributed by atoms with E-state index in [1.807, 2.05) is 0 Å². The highest BCUT2D eigenvalue weighted by molar-refractivity contribution is 6.52. The first-order valence-electron chi connectivity index (χ1n) is 13.7. The number of fused-ring (bicyclic) bond motifs is 1. The second kappa shape index (κ2) is 13.6. The molecule has 45 heavy (non-hydrogen) atoms. The van der Waals surface area contributed by atoms with Gasteiger partial charge >= 0.3 is 0 Å². The summed E-state index contributed by atoms with van der Waals surface area (Å²) in [5.41, 5.74) is 2.00. The van der Waals surface area contributed by atoms with Gasteiger partial charge in [-0.05, 0) is 54.6 Å². The molecule has 1 N–H and O–H groups in total. The molecule has 0 bridgehead atoms. The molecule has 232 valence electrons. The van der Waals surface area contributed by atoms with E-state index in [0.717, 1.165) is 0 Å². The quantitative estimate of drug-likeness (QED) is 0.130. The molecule has 0 spiro atoms. The average Bonchev–Trinajstić information content (AvgIpc) is 3.59. The van der Waals surface area contributed by atoms with Crippen molar-refractivity contribution in [1.82, 2.24) is 15.0 Å². The van der Waals surface area contributed by atoms with Crippen molar-refractivity contribution in [3.63, 3.8) is 0 Å². The van der Waals surface area contributed by atoms with E-state index in [0.29, 0.717) is 50.5 Å². The van der Waals surface area contributed by atoms with Crippen LogP contribution >= 0.6 is 11.6 Å². The lowest BCUT2D eigenvalue weighted by Gasteiger charge is -2.20. The molecule has 0 saturated carbocycles. The Balaban J connectivity index is 1.21. The number of benzene rings is 3. The number of allylic oxidation sites excluding steroid dienone is 1. The Hall–Kier alpha value is -5.20. The van der Waals surface area contributed by atoms with E-state index >= 15 is 0 Å². The molecule has 0 saturated heterocycles. The number of hydrogen-bond acceptors (Lipinski definition) is 10. The van der Waals surface area contributed by atoms with Crippen LogP contribution in [0, 0.1) is 0 Å². The van der Waals surface area contributed by atoms with E-state index in [4.69, 9.17) is 30.5 Å². The molecule has 1 amide bonds. The summed E-state index contributed by atoms with van der Waals surface area (Å²) in [4.78, 5) is 39.2. The standard InChI is InChI=1S/C32H29ClN4O8/c1-42-28-13-9-19(30(43-2)31(28)44-3)8-12-26(39)23-6-4-5-7-27(23)45-18-21-15-36(35-34-21)16-22(38)17-37-25-11-10-20(33)14-24(25)29(40)32(37)41/h4-15,22,38H,16-18H2,1-3H3/b12-8+. The third kappa shape index (κ3) is 6.66. The van der Waals surface area contributed by atoms with Gasteiger partial charge in [-0.15, -0.1) is 5.10 Å². The first-order chi connectivity index (χ1) is 21.7. The van der Waals surface area contributed by atoms with Crippen LogP contribution in [0.4, 0.5) is 5.69 Å². The van der Waals surface area contributed by atoms with Crippen molar-refractivity contribution in [2.75, 3.05) is 32.8 Å². The van der Waals surface area contributed by atoms with Crippen LogP contribution in [-0.4, -0.2) is 71.6 Å². The third-order valence-electron chi connectivity index (χ3n) is 6.99. The number of carbonyl (C=O) groups excluding carboxylic acids is 3. The fourth-order valence-electron chi connectivity index (χ4n) is 4.89. The van der Waals surface area contributed by atoms with E-state index in [1.54, 1.807) is 60.8 Å². The van der Waals surface area contributed by atoms with Crippen molar-refractivity contribution in [3.8, 4) is 23.0 Å². The monoisotopic (exact) mass is 632 g/mol. The van der Waals surface area contributed by atoms with Gasteiger partial charge in [0.2, 0.25) is 5.75 Å². The molecule has 0 radical (unpaired) electrons. The Morgan fingerprint density at radius 2 is 1.76 bits per heavy atom. The second-order valence-electron chi connectivity index (χ2n) is 9.90. The maximum atomic E-state index is 13.2. The number of carbonyl (C=O) groups is 3. The normalized spacial score (nSPS) is 13.2. The summed E-state index contributed by atoms with van der Waals surface area (Å²) in [5, 5.41) is 19.1. The lowest BCUT2D eigenvalue weighted by atomic mass is 10.1. The maximum absolute atomic E-state index is 13.2. The van der Waals surface area contributed by atoms with Gasteiger partial charge in [-0.1, -0.05) is 28.9 Å². The Labute approximate surface area is 263 Å². The van der Waals surface area contributed by atoms with Gasteiger partial charge in [-0.25, -0.2) is 4.68 Å². The van der Waals surface area contributed by atoms with Gasteiger partial charge < -0.3 is 29.0 Å². The van der Waals surface area contributed by atoms with Crippen LogP contribution in [0.2, 0.25) is 5.02 Å². The van der Waals surface area contributed by atoms with Gasteiger partial charge in [0, 0.05) is 10.6 Å². The zero-order valence-corrected chi connectivity index (χ0v) is 25.4. The van der Waals surface area contributed by atoms with E-state index in [1.165, 1.54) is 43.1 Å². The molecule has 4 aromatic rings. The van der Waals surface area contributed by atoms with E-state index in [9.17, 15) is 19.5 Å². The number of amides is 1. The highest BCUT2D eigenvalue weighted by atomic mass is 35.5. The molecule has 13 heteroatoms. The number of methoxy groups -OCH3 is 3. The minimum atomic E-state index is -1.05. The largest absolute Gasteiger partial charge is 0.493 e. The SMILES string of the molecule is COc1ccc(/C=C/C(=O)c2ccccc2OCc2cn(CC(O)CN3C(=O)C(=O)c4cc(Cl)ccc43)nn2)c(OC)c1OC. The van der Waals surface area contributed by atoms with Crippen LogP contribution in [-0.2, 0) is 17.9 Å². The van der Waals surface area contributed by atoms with Crippen molar-refractivity contribution < 1.29 is 38.4 Å². The summed E-state index contributed by atoms with van der Waals surface area (Å²) in [5.74, 6) is -0.0226. The summed E-state index contributed by atoms with van der Waals surface area (Å²) < 4.78 is 23.5. The number of ketones is 2. The molecule has 12 nitrogen and oxygen atoms in total. The van der Waals surface area contributed by atoms with Gasteiger partial charge in [-0.2, -0.15) is 0 Å². The second-order valence-corrected chi connectivity index (χ2v) is 10.3. The highest BCUT2D eigenvalue weighted by Crippen LogP contribution is 2.40. The van der Waals surface area contributed by atoms with Crippen molar-refractivity contribution in [3.05, 3.63) is 94.3 Å². The fourth-order valence-corrected chi connectivity index (χ4v) is 5.06. The Morgan fingerprint density at radius 3 is 2.51 bits per heavy atom. The first-order valence-corrected chi connectivity index (χ1v) is 14.1. The van der Waals surface area contributed by atoms with Crippen LogP contribution in [0.3, 0.4) is 0 Å². The summed E-state index contributed by atoms with van der Waals surface area (Å²) in [6, 6.07) is 14.9. The minimum Gasteiger partial charge on any atom is -0.493 e. The van der Waals surface area contributed by atoms with Gasteiger partial charge in [0.25, 0.3) is 11.7 Å². The number of hydrogen-bond donors (Lipinski definition) is 1. The summed E-state index contributed by atoms with van der Waals surface area (Å²) in [6.45, 7) is -0.114. The van der Waals surface area contributed by atoms with Crippen LogP contribution in [0.1, 0.15) is 32.0 Å². The zero-order valence-electron chi connectivity index (χ0n) is 24.6. The Morgan fingerprint density at radius 1 is 0.978 bits per heavy atom. The molecule has 0 aliphatic carbocycles. The van der Waals surface area contributed by atoms with Crippen LogP contribution in [0.15, 0.2) is 66.9 Å². The van der Waals surface area contributed by atoms with Crippen molar-refractivity contribution in [2.45, 2.75) is 19.3 Å². The van der Waals surface area contributed by atoms with Crippen molar-refractivity contribution in [2.24, 2.45) is 0 Å². The number of anilines is 1. The number of ether oxygens (including phenoxy) is 4. The molecule has 3 aromatic carbocycles. The van der Waals surface area contributed by atoms with E-state index in [2.05, 4.69) is 10.3 Å². The zero-order chi connectivity index (χ0) is 32.1. The number of para-hydroxylation sites is 1. The first kappa shape index (κ1) is 31.2. The smallest absolute Gasteiger partial charge is 0.299 e. The number of rotatable bonds is 13. The van der Waals surface area contributed by atoms with Gasteiger partial charge in [0.15, 0.2) is 17.3 Å². The molecule has 2 heterocycles. The van der Waals surface area contributed by atoms with Crippen LogP contribution in [0.5, 0.6) is 23.0 Å². The molecule has 1 aliphatic rings. The molecule has 1 aliphatic heterocycles. The predicted octanol–water partition coefficient (Wildman–Crippen LogP) is 4.02. The lowest BCUT2D eigenvalue weighted by Crippen LogP contribution is -2.38. The van der Waals surface area contributed by atoms with Gasteiger partial charge in [0.1, 0.15) is 18.1 Å². The summed E-state index contributed by atoms with van der Waals surface area (Å²) in [6.07, 6.45) is 3.57. The predicted molar refractivity (Wildman–Crippen MR) is 164 cm³/mol. The number of nitrogens with zero attached hydrogens (tertiary/aromatic N) is 4. The molecule has 1 aromatic heterocycles. The third-order valence-corrected chi connectivity index (χ3v) is 7.22. The number of Topliss-reactive ketones (excluding diaryl/α,β-unsaturated/α-hetero) is 1. The summed E-state index contributed by atoms with van der Waals surface area (Å²) in [7, 11) is 4.53. The number of β-amino-alcohol motifs (C(OH)–C–C–N with tert-alkyl or cyclic N) is 1.